The molecule has 1 aromatic rings. The van der Waals surface area contributed by atoms with E-state index in [1.807, 2.05) is 0 Å². The Bertz CT molecular complexity index is 491. The molecule has 0 spiro atoms. The maximum atomic E-state index is 13.2. The molecule has 1 aromatic carbocycles. The SMILES string of the molecule is CN(C(=O)C1NCC2CCCC21)c1cccc(F)c1. The molecule has 0 radical (unpaired) electrons. The standard InChI is InChI=1S/C15H19FN2O/c1-18(12-6-3-5-11(16)8-12)15(19)14-13-7-2-4-10(13)9-17-14/h3,5-6,8,10,13-14,17H,2,4,7,9H2,1H3. The Morgan fingerprint density at radius 1 is 1.42 bits per heavy atom. The Hall–Kier alpha value is -1.42. The minimum Gasteiger partial charge on any atom is -0.314 e. The van der Waals surface area contributed by atoms with Gasteiger partial charge in [-0.05, 0) is 49.4 Å². The lowest BCUT2D eigenvalue weighted by molar-refractivity contribution is -0.120. The maximum Gasteiger partial charge on any atom is 0.244 e. The van der Waals surface area contributed by atoms with Crippen LogP contribution in [-0.2, 0) is 4.79 Å². The quantitative estimate of drug-likeness (QED) is 0.886. The highest BCUT2D eigenvalue weighted by Crippen LogP contribution is 2.38. The summed E-state index contributed by atoms with van der Waals surface area (Å²) in [5.41, 5.74) is 0.619. The van der Waals surface area contributed by atoms with Gasteiger partial charge >= 0.3 is 0 Å². The third-order valence-corrected chi connectivity index (χ3v) is 4.54. The molecule has 3 nitrogen and oxygen atoms in total. The van der Waals surface area contributed by atoms with Crippen LogP contribution in [0.15, 0.2) is 24.3 Å². The van der Waals surface area contributed by atoms with Gasteiger partial charge in [0.2, 0.25) is 5.91 Å². The molecule has 1 aliphatic carbocycles. The van der Waals surface area contributed by atoms with Crippen LogP contribution in [0.5, 0.6) is 0 Å². The monoisotopic (exact) mass is 262 g/mol. The van der Waals surface area contributed by atoms with E-state index in [1.165, 1.54) is 25.0 Å². The van der Waals surface area contributed by atoms with E-state index in [-0.39, 0.29) is 17.8 Å². The van der Waals surface area contributed by atoms with Crippen LogP contribution < -0.4 is 10.2 Å². The number of benzene rings is 1. The van der Waals surface area contributed by atoms with E-state index in [9.17, 15) is 9.18 Å². The number of carbonyl (C=O) groups excluding carboxylic acids is 1. The zero-order valence-corrected chi connectivity index (χ0v) is 11.1. The van der Waals surface area contributed by atoms with Crippen molar-refractivity contribution in [3.05, 3.63) is 30.1 Å². The third kappa shape index (κ3) is 2.25. The van der Waals surface area contributed by atoms with E-state index in [4.69, 9.17) is 0 Å². The van der Waals surface area contributed by atoms with E-state index in [0.29, 0.717) is 17.5 Å². The largest absolute Gasteiger partial charge is 0.314 e. The zero-order chi connectivity index (χ0) is 13.4. The van der Waals surface area contributed by atoms with Gasteiger partial charge in [-0.1, -0.05) is 12.5 Å². The summed E-state index contributed by atoms with van der Waals surface area (Å²) in [4.78, 5) is 14.1. The summed E-state index contributed by atoms with van der Waals surface area (Å²) < 4.78 is 13.2. The van der Waals surface area contributed by atoms with Crippen LogP contribution in [0.3, 0.4) is 0 Å². The summed E-state index contributed by atoms with van der Waals surface area (Å²) in [6, 6.07) is 6.10. The molecule has 1 aliphatic heterocycles. The van der Waals surface area contributed by atoms with Gasteiger partial charge < -0.3 is 10.2 Å². The summed E-state index contributed by atoms with van der Waals surface area (Å²) in [6.45, 7) is 0.943. The molecule has 1 N–H and O–H groups in total. The number of halogens is 1. The van der Waals surface area contributed by atoms with E-state index in [0.717, 1.165) is 13.0 Å². The smallest absolute Gasteiger partial charge is 0.244 e. The molecule has 1 amide bonds. The molecule has 0 bridgehead atoms. The molecule has 19 heavy (non-hydrogen) atoms. The second-order valence-corrected chi connectivity index (χ2v) is 5.62. The fraction of sp³-hybridized carbons (Fsp3) is 0.533. The van der Waals surface area contributed by atoms with Crippen LogP contribution in [-0.4, -0.2) is 25.5 Å². The molecule has 2 fully saturated rings. The van der Waals surface area contributed by atoms with Crippen molar-refractivity contribution in [2.45, 2.75) is 25.3 Å². The maximum absolute atomic E-state index is 13.2. The molecule has 2 aliphatic rings. The van der Waals surface area contributed by atoms with Gasteiger partial charge in [0.1, 0.15) is 5.82 Å². The summed E-state index contributed by atoms with van der Waals surface area (Å²) in [5, 5.41) is 3.34. The Labute approximate surface area is 112 Å². The van der Waals surface area contributed by atoms with Gasteiger partial charge in [-0.2, -0.15) is 0 Å². The fourth-order valence-electron chi connectivity index (χ4n) is 3.48. The lowest BCUT2D eigenvalue weighted by atomic mass is 9.93. The number of carbonyl (C=O) groups is 1. The van der Waals surface area contributed by atoms with E-state index in [2.05, 4.69) is 5.32 Å². The van der Waals surface area contributed by atoms with Gasteiger partial charge in [0.25, 0.3) is 0 Å². The predicted molar refractivity (Wildman–Crippen MR) is 72.4 cm³/mol. The van der Waals surface area contributed by atoms with Gasteiger partial charge in [-0.15, -0.1) is 0 Å². The fourth-order valence-corrected chi connectivity index (χ4v) is 3.48. The molecule has 1 saturated carbocycles. The Morgan fingerprint density at radius 3 is 3.05 bits per heavy atom. The van der Waals surface area contributed by atoms with E-state index in [1.54, 1.807) is 24.1 Å². The summed E-state index contributed by atoms with van der Waals surface area (Å²) >= 11 is 0. The van der Waals surface area contributed by atoms with Crippen LogP contribution in [0.2, 0.25) is 0 Å². The molecule has 1 saturated heterocycles. The summed E-state index contributed by atoms with van der Waals surface area (Å²) in [6.07, 6.45) is 3.58. The molecule has 3 unspecified atom stereocenters. The molecule has 0 aromatic heterocycles. The number of nitrogens with one attached hydrogen (secondary N) is 1. The van der Waals surface area contributed by atoms with Crippen molar-refractivity contribution < 1.29 is 9.18 Å². The first-order valence-corrected chi connectivity index (χ1v) is 6.93. The number of hydrogen-bond donors (Lipinski definition) is 1. The van der Waals surface area contributed by atoms with Crippen LogP contribution >= 0.6 is 0 Å². The van der Waals surface area contributed by atoms with Gasteiger partial charge in [-0.25, -0.2) is 4.39 Å². The lowest BCUT2D eigenvalue weighted by Gasteiger charge is -2.24. The van der Waals surface area contributed by atoms with Crippen LogP contribution in [0, 0.1) is 17.7 Å². The minimum atomic E-state index is -0.310. The first-order chi connectivity index (χ1) is 9.16. The number of amides is 1. The topological polar surface area (TPSA) is 32.3 Å². The highest BCUT2D eigenvalue weighted by Gasteiger charge is 2.43. The van der Waals surface area contributed by atoms with E-state index < -0.39 is 0 Å². The van der Waals surface area contributed by atoms with Crippen LogP contribution in [0.1, 0.15) is 19.3 Å². The highest BCUT2D eigenvalue weighted by atomic mass is 19.1. The Morgan fingerprint density at radius 2 is 2.26 bits per heavy atom. The number of anilines is 1. The van der Waals surface area contributed by atoms with E-state index >= 15 is 0 Å². The number of rotatable bonds is 2. The van der Waals surface area contributed by atoms with Crippen molar-refractivity contribution >= 4 is 11.6 Å². The van der Waals surface area contributed by atoms with Gasteiger partial charge in [0.05, 0.1) is 6.04 Å². The number of hydrogen-bond acceptors (Lipinski definition) is 2. The van der Waals surface area contributed by atoms with Crippen molar-refractivity contribution in [3.8, 4) is 0 Å². The molecular weight excluding hydrogens is 243 g/mol. The highest BCUT2D eigenvalue weighted by molar-refractivity contribution is 5.97. The van der Waals surface area contributed by atoms with Crippen LogP contribution in [0.25, 0.3) is 0 Å². The summed E-state index contributed by atoms with van der Waals surface area (Å²) in [5.74, 6) is 0.855. The van der Waals surface area contributed by atoms with Crippen molar-refractivity contribution in [2.24, 2.45) is 11.8 Å². The average Bonchev–Trinajstić information content (AvgIpc) is 2.99. The normalized spacial score (nSPS) is 29.3. The first kappa shape index (κ1) is 12.6. The molecule has 1 heterocycles. The second kappa shape index (κ2) is 4.93. The van der Waals surface area contributed by atoms with Crippen molar-refractivity contribution in [3.63, 3.8) is 0 Å². The number of likely N-dealkylation sites (N-methyl/N-ethyl adjacent to an activating group) is 1. The Kier molecular flexibility index (Phi) is 3.27. The summed E-state index contributed by atoms with van der Waals surface area (Å²) in [7, 11) is 1.72. The van der Waals surface area contributed by atoms with Gasteiger partial charge in [-0.3, -0.25) is 4.79 Å². The third-order valence-electron chi connectivity index (χ3n) is 4.54. The van der Waals surface area contributed by atoms with Gasteiger partial charge in [0.15, 0.2) is 0 Å². The first-order valence-electron chi connectivity index (χ1n) is 6.93. The minimum absolute atomic E-state index is 0.0556. The lowest BCUT2D eigenvalue weighted by Crippen LogP contribution is -2.44. The van der Waals surface area contributed by atoms with Crippen molar-refractivity contribution in [1.82, 2.24) is 5.32 Å². The average molecular weight is 262 g/mol. The number of nitrogens with zero attached hydrogens (tertiary/aromatic N) is 1. The molecule has 4 heteroatoms. The second-order valence-electron chi connectivity index (χ2n) is 5.62. The number of fused-ring (bicyclic) bond motifs is 1. The van der Waals surface area contributed by atoms with Crippen molar-refractivity contribution in [2.75, 3.05) is 18.5 Å². The predicted octanol–water partition coefficient (Wildman–Crippen LogP) is 2.18. The molecular formula is C15H19FN2O. The zero-order valence-electron chi connectivity index (χ0n) is 11.1. The molecule has 3 rings (SSSR count). The Balaban J connectivity index is 1.76. The molecule has 102 valence electrons. The molecule has 3 atom stereocenters. The van der Waals surface area contributed by atoms with Crippen LogP contribution in [0.4, 0.5) is 10.1 Å². The van der Waals surface area contributed by atoms with Crippen molar-refractivity contribution in [1.29, 1.82) is 0 Å². The van der Waals surface area contributed by atoms with Gasteiger partial charge in [0, 0.05) is 12.7 Å².